The SMILES string of the molecule is Nc1nc2c(ncn2CC(=O)Nc2nonc2-c2nc3ccccc3[nH]2)c(=O)[nH]1. The number of hydrogen-bond donors (Lipinski definition) is 4. The Morgan fingerprint density at radius 2 is 2.07 bits per heavy atom. The summed E-state index contributed by atoms with van der Waals surface area (Å²) in [6, 6.07) is 7.43. The van der Waals surface area contributed by atoms with Gasteiger partial charge < -0.3 is 20.6 Å². The Balaban J connectivity index is 1.41. The van der Waals surface area contributed by atoms with Crippen molar-refractivity contribution < 1.29 is 9.42 Å². The molecule has 0 atom stereocenters. The molecular weight excluding hydrogens is 380 g/mol. The number of fused-ring (bicyclic) bond motifs is 2. The number of benzene rings is 1. The van der Waals surface area contributed by atoms with Gasteiger partial charge in [-0.3, -0.25) is 14.6 Å². The van der Waals surface area contributed by atoms with Gasteiger partial charge in [0.25, 0.3) is 5.56 Å². The monoisotopic (exact) mass is 392 g/mol. The Morgan fingerprint density at radius 1 is 1.21 bits per heavy atom. The fourth-order valence-electron chi connectivity index (χ4n) is 2.90. The number of anilines is 2. The second-order valence-electron chi connectivity index (χ2n) is 6.11. The Hall–Kier alpha value is -4.55. The zero-order valence-corrected chi connectivity index (χ0v) is 14.6. The third-order valence-corrected chi connectivity index (χ3v) is 4.17. The smallest absolute Gasteiger partial charge is 0.280 e. The number of aromatic amines is 2. The Kier molecular flexibility index (Phi) is 3.59. The predicted octanol–water partition coefficient (Wildman–Crippen LogP) is 0.267. The van der Waals surface area contributed by atoms with Gasteiger partial charge in [-0.15, -0.1) is 0 Å². The van der Waals surface area contributed by atoms with Crippen LogP contribution in [0.25, 0.3) is 33.7 Å². The molecule has 144 valence electrons. The summed E-state index contributed by atoms with van der Waals surface area (Å²) in [4.78, 5) is 42.2. The van der Waals surface area contributed by atoms with E-state index in [4.69, 9.17) is 10.4 Å². The average Bonchev–Trinajstić information content (AvgIpc) is 3.40. The third-order valence-electron chi connectivity index (χ3n) is 4.17. The van der Waals surface area contributed by atoms with Crippen LogP contribution in [0, 0.1) is 0 Å². The van der Waals surface area contributed by atoms with Crippen molar-refractivity contribution in [3.8, 4) is 11.5 Å². The highest BCUT2D eigenvalue weighted by Crippen LogP contribution is 2.24. The van der Waals surface area contributed by atoms with Crippen molar-refractivity contribution in [3.05, 3.63) is 40.9 Å². The molecule has 5 N–H and O–H groups in total. The van der Waals surface area contributed by atoms with E-state index >= 15 is 0 Å². The van der Waals surface area contributed by atoms with Crippen molar-refractivity contribution >= 4 is 39.9 Å². The molecule has 4 aromatic heterocycles. The van der Waals surface area contributed by atoms with E-state index in [0.29, 0.717) is 5.82 Å². The first-order valence-corrected chi connectivity index (χ1v) is 8.36. The van der Waals surface area contributed by atoms with Crippen LogP contribution in [0.15, 0.2) is 40.0 Å². The highest BCUT2D eigenvalue weighted by molar-refractivity contribution is 5.93. The molecule has 13 nitrogen and oxygen atoms in total. The number of aromatic nitrogens is 8. The van der Waals surface area contributed by atoms with E-state index in [0.717, 1.165) is 11.0 Å². The van der Waals surface area contributed by atoms with Gasteiger partial charge in [0.1, 0.15) is 6.54 Å². The number of nitrogens with one attached hydrogen (secondary N) is 3. The summed E-state index contributed by atoms with van der Waals surface area (Å²) in [7, 11) is 0. The zero-order valence-electron chi connectivity index (χ0n) is 14.6. The van der Waals surface area contributed by atoms with E-state index in [1.165, 1.54) is 10.9 Å². The normalized spacial score (nSPS) is 11.3. The second-order valence-corrected chi connectivity index (χ2v) is 6.11. The van der Waals surface area contributed by atoms with Crippen LogP contribution in [0.2, 0.25) is 0 Å². The molecule has 0 aliphatic heterocycles. The van der Waals surface area contributed by atoms with Crippen molar-refractivity contribution in [3.63, 3.8) is 0 Å². The fourth-order valence-corrected chi connectivity index (χ4v) is 2.90. The number of para-hydroxylation sites is 2. The van der Waals surface area contributed by atoms with Crippen LogP contribution >= 0.6 is 0 Å². The molecule has 0 radical (unpaired) electrons. The van der Waals surface area contributed by atoms with Gasteiger partial charge in [0.05, 0.1) is 17.4 Å². The first kappa shape index (κ1) is 16.6. The molecule has 13 heteroatoms. The van der Waals surface area contributed by atoms with Gasteiger partial charge in [0.15, 0.2) is 22.7 Å². The first-order chi connectivity index (χ1) is 14.1. The second kappa shape index (κ2) is 6.26. The molecule has 0 aliphatic carbocycles. The number of nitrogens with two attached hydrogens (primary N) is 1. The molecule has 0 unspecified atom stereocenters. The fraction of sp³-hybridized carbons (Fsp3) is 0.0625. The lowest BCUT2D eigenvalue weighted by Crippen LogP contribution is -2.20. The minimum absolute atomic E-state index is 0.0717. The van der Waals surface area contributed by atoms with E-state index in [1.54, 1.807) is 0 Å². The summed E-state index contributed by atoms with van der Waals surface area (Å²) >= 11 is 0. The maximum Gasteiger partial charge on any atom is 0.280 e. The van der Waals surface area contributed by atoms with Crippen LogP contribution in [-0.2, 0) is 11.3 Å². The van der Waals surface area contributed by atoms with Gasteiger partial charge in [0, 0.05) is 0 Å². The number of carbonyl (C=O) groups is 1. The van der Waals surface area contributed by atoms with E-state index in [9.17, 15) is 9.59 Å². The van der Waals surface area contributed by atoms with Crippen molar-refractivity contribution in [2.45, 2.75) is 6.54 Å². The van der Waals surface area contributed by atoms with Crippen molar-refractivity contribution in [1.29, 1.82) is 0 Å². The van der Waals surface area contributed by atoms with Crippen LogP contribution in [0.4, 0.5) is 11.8 Å². The summed E-state index contributed by atoms with van der Waals surface area (Å²) in [6.45, 7) is -0.182. The molecule has 4 heterocycles. The van der Waals surface area contributed by atoms with Gasteiger partial charge in [-0.25, -0.2) is 14.6 Å². The highest BCUT2D eigenvalue weighted by atomic mass is 16.6. The van der Waals surface area contributed by atoms with Crippen LogP contribution in [0.3, 0.4) is 0 Å². The summed E-state index contributed by atoms with van der Waals surface area (Å²) in [5.74, 6) is -0.0313. The summed E-state index contributed by atoms with van der Waals surface area (Å²) in [6.07, 6.45) is 1.33. The van der Waals surface area contributed by atoms with Crippen LogP contribution in [0.1, 0.15) is 0 Å². The number of amides is 1. The van der Waals surface area contributed by atoms with Crippen molar-refractivity contribution in [1.82, 2.24) is 39.8 Å². The minimum Gasteiger partial charge on any atom is -0.369 e. The first-order valence-electron chi connectivity index (χ1n) is 8.36. The summed E-state index contributed by atoms with van der Waals surface area (Å²) in [5, 5.41) is 10.2. The number of H-pyrrole nitrogens is 2. The van der Waals surface area contributed by atoms with E-state index < -0.39 is 11.5 Å². The molecule has 0 aliphatic rings. The molecule has 5 aromatic rings. The topological polar surface area (TPSA) is 186 Å². The molecule has 1 aromatic carbocycles. The van der Waals surface area contributed by atoms with Crippen molar-refractivity contribution in [2.75, 3.05) is 11.1 Å². The van der Waals surface area contributed by atoms with Crippen LogP contribution in [0.5, 0.6) is 0 Å². The molecule has 29 heavy (non-hydrogen) atoms. The molecular formula is C16H12N10O3. The maximum atomic E-state index is 12.5. The lowest BCUT2D eigenvalue weighted by Gasteiger charge is -2.04. The lowest BCUT2D eigenvalue weighted by molar-refractivity contribution is -0.116. The molecule has 0 fully saturated rings. The standard InChI is InChI=1S/C16H12N10O3/c17-16-22-14-11(15(28)23-16)18-6-26(14)5-9(27)21-13-10(24-29-25-13)12-19-7-3-1-2-4-8(7)20-12/h1-4,6H,5H2,(H,19,20)(H,21,25,27)(H3,17,22,23,28). The molecule has 0 bridgehead atoms. The number of carbonyl (C=O) groups excluding carboxylic acids is 1. The van der Waals surface area contributed by atoms with Crippen molar-refractivity contribution in [2.24, 2.45) is 0 Å². The predicted molar refractivity (Wildman–Crippen MR) is 101 cm³/mol. The van der Waals surface area contributed by atoms with Crippen LogP contribution in [-0.4, -0.2) is 45.7 Å². The van der Waals surface area contributed by atoms with Gasteiger partial charge in [-0.05, 0) is 22.4 Å². The Bertz CT molecular complexity index is 1390. The third kappa shape index (κ3) is 2.86. The number of rotatable bonds is 4. The quantitative estimate of drug-likeness (QED) is 0.333. The number of hydrogen-bond acceptors (Lipinski definition) is 9. The molecule has 0 saturated carbocycles. The Morgan fingerprint density at radius 3 is 2.93 bits per heavy atom. The van der Waals surface area contributed by atoms with Gasteiger partial charge >= 0.3 is 0 Å². The average molecular weight is 392 g/mol. The van der Waals surface area contributed by atoms with E-state index in [2.05, 4.69) is 40.6 Å². The largest absolute Gasteiger partial charge is 0.369 e. The zero-order chi connectivity index (χ0) is 20.0. The lowest BCUT2D eigenvalue weighted by atomic mass is 10.3. The van der Waals surface area contributed by atoms with Gasteiger partial charge in [0.2, 0.25) is 17.7 Å². The van der Waals surface area contributed by atoms with Crippen LogP contribution < -0.4 is 16.6 Å². The molecule has 0 spiro atoms. The molecule has 1 amide bonds. The van der Waals surface area contributed by atoms with E-state index in [1.807, 2.05) is 24.3 Å². The summed E-state index contributed by atoms with van der Waals surface area (Å²) in [5.41, 5.74) is 7.14. The number of nitrogen functional groups attached to an aromatic ring is 1. The summed E-state index contributed by atoms with van der Waals surface area (Å²) < 4.78 is 6.16. The van der Waals surface area contributed by atoms with Gasteiger partial charge in [-0.2, -0.15) is 4.98 Å². The minimum atomic E-state index is -0.487. The number of nitrogens with zero attached hydrogens (tertiary/aromatic N) is 6. The van der Waals surface area contributed by atoms with Gasteiger partial charge in [-0.1, -0.05) is 12.1 Å². The van der Waals surface area contributed by atoms with E-state index in [-0.39, 0.29) is 35.2 Å². The number of imidazole rings is 2. The Labute approximate surface area is 159 Å². The highest BCUT2D eigenvalue weighted by Gasteiger charge is 2.19. The molecule has 5 rings (SSSR count). The molecule has 0 saturated heterocycles. The maximum absolute atomic E-state index is 12.5.